The molecule has 0 aliphatic carbocycles. The lowest BCUT2D eigenvalue weighted by Gasteiger charge is -2.39. The van der Waals surface area contributed by atoms with E-state index in [9.17, 15) is 0 Å². The van der Waals surface area contributed by atoms with Crippen LogP contribution in [0.5, 0.6) is 11.5 Å². The molecule has 4 heterocycles. The lowest BCUT2D eigenvalue weighted by Crippen LogP contribution is -2.76. The van der Waals surface area contributed by atoms with Crippen molar-refractivity contribution in [3.8, 4) is 28.6 Å². The predicted octanol–water partition coefficient (Wildman–Crippen LogP) is 9.37. The highest BCUT2D eigenvalue weighted by atomic mass is 32.2. The molecule has 0 bridgehead atoms. The van der Waals surface area contributed by atoms with Gasteiger partial charge in [-0.25, -0.2) is 9.97 Å². The van der Waals surface area contributed by atoms with E-state index in [1.165, 1.54) is 41.3 Å². The number of aryl methyl sites for hydroxylation is 1. The highest BCUT2D eigenvalue weighted by Crippen LogP contribution is 2.42. The van der Waals surface area contributed by atoms with E-state index >= 15 is 0 Å². The minimum atomic E-state index is -2.76. The highest BCUT2D eigenvalue weighted by Gasteiger charge is 2.48. The molecule has 7 aromatic carbocycles. The van der Waals surface area contributed by atoms with E-state index in [0.717, 1.165) is 50.8 Å². The van der Waals surface area contributed by atoms with Gasteiger partial charge in [0.05, 0.1) is 22.2 Å². The average molecular weight is 755 g/mol. The van der Waals surface area contributed by atoms with Crippen molar-refractivity contribution in [1.82, 2.24) is 19.1 Å². The van der Waals surface area contributed by atoms with Gasteiger partial charge in [0.1, 0.15) is 23.0 Å². The Morgan fingerprint density at radius 1 is 0.589 bits per heavy atom. The number of benzene rings is 7. The number of hydrogen-bond donors (Lipinski definition) is 0. The fourth-order valence-electron chi connectivity index (χ4n) is 8.74. The fourth-order valence-corrected chi connectivity index (χ4v) is 15.7. The quantitative estimate of drug-likeness (QED) is 0.159. The van der Waals surface area contributed by atoms with Gasteiger partial charge in [-0.2, -0.15) is 0 Å². The molecule has 0 atom stereocenters. The zero-order valence-corrected chi connectivity index (χ0v) is 32.3. The third-order valence-electron chi connectivity index (χ3n) is 11.1. The number of rotatable bonds is 6. The van der Waals surface area contributed by atoms with Gasteiger partial charge in [-0.15, -0.1) is 0 Å². The zero-order chi connectivity index (χ0) is 37.2. The van der Waals surface area contributed by atoms with Crippen LogP contribution in [0.4, 0.5) is 0 Å². The minimum Gasteiger partial charge on any atom is -0.457 e. The number of hydrogen-bond acceptors (Lipinski definition) is 4. The summed E-state index contributed by atoms with van der Waals surface area (Å²) >= 11 is 1.88. The van der Waals surface area contributed by atoms with Crippen molar-refractivity contribution in [3.05, 3.63) is 188 Å². The summed E-state index contributed by atoms with van der Waals surface area (Å²) in [5.41, 5.74) is 6.10. The van der Waals surface area contributed by atoms with Gasteiger partial charge in [0, 0.05) is 45.4 Å². The molecule has 0 fully saturated rings. The number of para-hydroxylation sites is 3. The summed E-state index contributed by atoms with van der Waals surface area (Å²) in [5.74, 6) is 2.40. The second-order valence-corrected chi connectivity index (χ2v) is 19.0. The Balaban J connectivity index is 1.08. The van der Waals surface area contributed by atoms with Gasteiger partial charge in [-0.3, -0.25) is 4.57 Å². The molecular weight excluding hydrogens is 721 g/mol. The lowest BCUT2D eigenvalue weighted by atomic mass is 10.2. The maximum absolute atomic E-state index is 6.60. The normalized spacial score (nSPS) is 13.2. The molecule has 0 saturated carbocycles. The van der Waals surface area contributed by atoms with Gasteiger partial charge < -0.3 is 9.30 Å². The molecule has 5 nitrogen and oxygen atoms in total. The number of fused-ring (bicyclic) bond motifs is 7. The molecule has 0 unspecified atom stereocenters. The lowest BCUT2D eigenvalue weighted by molar-refractivity contribution is 0.482. The van der Waals surface area contributed by atoms with Crippen LogP contribution < -0.4 is 25.5 Å². The van der Waals surface area contributed by atoms with Crippen molar-refractivity contribution in [2.24, 2.45) is 7.05 Å². The average Bonchev–Trinajstić information content (AvgIpc) is 3.78. The van der Waals surface area contributed by atoms with E-state index in [2.05, 4.69) is 168 Å². The van der Waals surface area contributed by atoms with Crippen LogP contribution in [0.25, 0.3) is 50.0 Å². The van der Waals surface area contributed by atoms with Crippen LogP contribution in [-0.4, -0.2) is 27.2 Å². The summed E-state index contributed by atoms with van der Waals surface area (Å²) in [6.45, 7) is 0. The molecule has 0 N–H and O–H groups in total. The minimum absolute atomic E-state index is 0.747. The number of pyridine rings is 1. The van der Waals surface area contributed by atoms with E-state index in [1.807, 2.05) is 48.2 Å². The van der Waals surface area contributed by atoms with Crippen LogP contribution >= 0.6 is 11.8 Å². The Kier molecular flexibility index (Phi) is 7.59. The van der Waals surface area contributed by atoms with Gasteiger partial charge in [-0.1, -0.05) is 139 Å². The Morgan fingerprint density at radius 2 is 1.25 bits per heavy atom. The van der Waals surface area contributed by atoms with Crippen molar-refractivity contribution in [3.63, 3.8) is 0 Å². The summed E-state index contributed by atoms with van der Waals surface area (Å²) in [6, 6.07) is 64.7. The van der Waals surface area contributed by atoms with Crippen molar-refractivity contribution in [1.29, 1.82) is 0 Å². The molecule has 3 aromatic heterocycles. The van der Waals surface area contributed by atoms with E-state index in [0.29, 0.717) is 0 Å². The van der Waals surface area contributed by atoms with E-state index in [4.69, 9.17) is 14.7 Å². The first kappa shape index (κ1) is 32.7. The molecule has 266 valence electrons. The summed E-state index contributed by atoms with van der Waals surface area (Å²) in [6.07, 6.45) is 2.19. The Morgan fingerprint density at radius 3 is 2.04 bits per heavy atom. The van der Waals surface area contributed by atoms with Gasteiger partial charge >= 0.3 is 0 Å². The first-order valence-electron chi connectivity index (χ1n) is 18.8. The summed E-state index contributed by atoms with van der Waals surface area (Å²) < 4.78 is 11.0. The topological polar surface area (TPSA) is 44.9 Å². The van der Waals surface area contributed by atoms with Crippen LogP contribution in [0.3, 0.4) is 0 Å². The highest BCUT2D eigenvalue weighted by molar-refractivity contribution is 8.00. The van der Waals surface area contributed by atoms with Crippen molar-refractivity contribution in [2.45, 2.75) is 9.79 Å². The second-order valence-electron chi connectivity index (χ2n) is 14.2. The van der Waals surface area contributed by atoms with Crippen molar-refractivity contribution >= 4 is 73.6 Å². The molecule has 0 amide bonds. The summed E-state index contributed by atoms with van der Waals surface area (Å²) in [5, 5.41) is 7.81. The van der Waals surface area contributed by atoms with E-state index in [1.54, 1.807) is 0 Å². The molecule has 11 rings (SSSR count). The Hall–Kier alpha value is -6.67. The monoisotopic (exact) mass is 754 g/mol. The molecule has 0 spiro atoms. The maximum Gasteiger partial charge on any atom is 0.183 e. The Bertz CT molecular complexity index is 3080. The number of ether oxygens (including phenoxy) is 1. The molecule has 7 heteroatoms. The standard InChI is InChI=1S/C49H34N4OSSi/c1-52-42-27-11-9-25-40(42)51-48(52)33-16-14-18-35(30-33)54-36-19-15-17-34(31-36)53-41-26-10-8-24-39(41)46-47-45(32-50-49(46)53)56(37-20-4-2-5-21-37,38-22-6-3-7-23-38)44-29-13-12-28-43(44)55-47/h2-32H,1H3. The van der Waals surface area contributed by atoms with Crippen LogP contribution in [0.1, 0.15) is 0 Å². The van der Waals surface area contributed by atoms with Crippen LogP contribution in [0.15, 0.2) is 198 Å². The van der Waals surface area contributed by atoms with Gasteiger partial charge in [0.2, 0.25) is 0 Å². The fraction of sp³-hybridized carbons (Fsp3) is 0.0204. The first-order chi connectivity index (χ1) is 27.7. The maximum atomic E-state index is 6.60. The smallest absolute Gasteiger partial charge is 0.183 e. The molecular formula is C49H34N4OSSi. The molecule has 1 aliphatic heterocycles. The third kappa shape index (κ3) is 4.94. The molecule has 10 aromatic rings. The number of imidazole rings is 1. The molecule has 1 aliphatic rings. The number of aromatic nitrogens is 4. The van der Waals surface area contributed by atoms with Gasteiger partial charge in [0.15, 0.2) is 8.07 Å². The number of nitrogens with zero attached hydrogens (tertiary/aromatic N) is 4. The van der Waals surface area contributed by atoms with Crippen LogP contribution in [-0.2, 0) is 7.05 Å². The van der Waals surface area contributed by atoms with Gasteiger partial charge in [0.25, 0.3) is 0 Å². The zero-order valence-electron chi connectivity index (χ0n) is 30.5. The van der Waals surface area contributed by atoms with Crippen molar-refractivity contribution < 1.29 is 4.74 Å². The summed E-state index contributed by atoms with van der Waals surface area (Å²) in [4.78, 5) is 13.0. The first-order valence-corrected chi connectivity index (χ1v) is 21.6. The second kappa shape index (κ2) is 13.0. The van der Waals surface area contributed by atoms with Crippen LogP contribution in [0, 0.1) is 0 Å². The summed E-state index contributed by atoms with van der Waals surface area (Å²) in [7, 11) is -0.708. The van der Waals surface area contributed by atoms with Crippen molar-refractivity contribution in [2.75, 3.05) is 0 Å². The predicted molar refractivity (Wildman–Crippen MR) is 233 cm³/mol. The van der Waals surface area contributed by atoms with Crippen LogP contribution in [0.2, 0.25) is 0 Å². The third-order valence-corrected chi connectivity index (χ3v) is 17.5. The van der Waals surface area contributed by atoms with E-state index in [-0.39, 0.29) is 0 Å². The SMILES string of the molecule is Cn1c(-c2cccc(Oc3cccc(-n4c5ccccc5c5c6c(cnc54)[Si](c4ccccc4)(c4ccccc4)c4ccccc4S6)c3)c2)nc2ccccc21. The molecule has 0 saturated heterocycles. The largest absolute Gasteiger partial charge is 0.457 e. The molecule has 56 heavy (non-hydrogen) atoms. The van der Waals surface area contributed by atoms with Gasteiger partial charge in [-0.05, 0) is 69.3 Å². The van der Waals surface area contributed by atoms with E-state index < -0.39 is 8.07 Å². The Labute approximate surface area is 329 Å². The molecule has 0 radical (unpaired) electrons.